The number of carbonyl (C=O) groups is 2. The molecule has 2 aliphatic rings. The van der Waals surface area contributed by atoms with Gasteiger partial charge in [0.25, 0.3) is 0 Å². The molecule has 2 saturated heterocycles. The largest absolute Gasteiger partial charge is 0.469 e. The fourth-order valence-electron chi connectivity index (χ4n) is 2.95. The Balaban J connectivity index is 1.67. The van der Waals surface area contributed by atoms with E-state index in [1.165, 1.54) is 7.11 Å². The Hall–Kier alpha value is -1.76. The predicted octanol–water partition coefficient (Wildman–Crippen LogP) is 1.64. The van der Waals surface area contributed by atoms with Crippen molar-refractivity contribution in [3.63, 3.8) is 0 Å². The molecule has 1 aromatic carbocycles. The molecule has 2 aliphatic heterocycles. The average molecular weight is 320 g/mol. The van der Waals surface area contributed by atoms with Gasteiger partial charge in [0, 0.05) is 12.0 Å². The summed E-state index contributed by atoms with van der Waals surface area (Å²) >= 11 is 0. The number of carbonyl (C=O) groups excluding carboxylic acids is 2. The molecule has 0 N–H and O–H groups in total. The maximum Gasteiger partial charge on any atom is 0.311 e. The molecule has 6 heteroatoms. The first-order chi connectivity index (χ1) is 11.1. The van der Waals surface area contributed by atoms with Crippen LogP contribution in [0.15, 0.2) is 30.3 Å². The number of rotatable bonds is 3. The highest BCUT2D eigenvalue weighted by Gasteiger charge is 2.45. The van der Waals surface area contributed by atoms with Gasteiger partial charge in [-0.1, -0.05) is 30.3 Å². The molecule has 0 unspecified atom stereocenters. The topological polar surface area (TPSA) is 71.1 Å². The summed E-state index contributed by atoms with van der Waals surface area (Å²) in [5, 5.41) is 0. The lowest BCUT2D eigenvalue weighted by molar-refractivity contribution is -0.283. The molecule has 3 rings (SSSR count). The summed E-state index contributed by atoms with van der Waals surface area (Å²) in [6, 6.07) is 9.56. The Morgan fingerprint density at radius 2 is 1.96 bits per heavy atom. The molecular formula is C17H20O6. The van der Waals surface area contributed by atoms with E-state index in [4.69, 9.17) is 18.9 Å². The van der Waals surface area contributed by atoms with Crippen molar-refractivity contribution in [1.82, 2.24) is 0 Å². The van der Waals surface area contributed by atoms with Crippen LogP contribution in [-0.2, 0) is 28.5 Å². The number of benzene rings is 1. The predicted molar refractivity (Wildman–Crippen MR) is 79.5 cm³/mol. The summed E-state index contributed by atoms with van der Waals surface area (Å²) in [5.41, 5.74) is 0.906. The van der Waals surface area contributed by atoms with Gasteiger partial charge in [0.05, 0.1) is 25.7 Å². The van der Waals surface area contributed by atoms with Gasteiger partial charge in [0.2, 0.25) is 0 Å². The average Bonchev–Trinajstić information content (AvgIpc) is 2.60. The summed E-state index contributed by atoms with van der Waals surface area (Å²) in [6.07, 6.45) is -1.80. The standard InChI is InChI=1S/C17H20O6/c1-10(16(19)20-2)15-12(18)8-13-14(22-15)9-21-17(23-13)11-6-4-3-5-7-11/h3-7,10,13-15,17H,8-9H2,1-2H3/t10-,13-,14+,15+,17+/m0/s1. The quantitative estimate of drug-likeness (QED) is 0.789. The molecule has 0 aliphatic carbocycles. The van der Waals surface area contributed by atoms with Crippen LogP contribution < -0.4 is 0 Å². The monoisotopic (exact) mass is 320 g/mol. The molecule has 6 nitrogen and oxygen atoms in total. The maximum atomic E-state index is 12.3. The summed E-state index contributed by atoms with van der Waals surface area (Å²) in [5.74, 6) is -1.24. The second-order valence-corrected chi connectivity index (χ2v) is 5.83. The number of Topliss-reactive ketones (excluding diaryl/α,β-unsaturated/α-hetero) is 1. The fourth-order valence-corrected chi connectivity index (χ4v) is 2.95. The van der Waals surface area contributed by atoms with Gasteiger partial charge >= 0.3 is 5.97 Å². The molecule has 2 heterocycles. The van der Waals surface area contributed by atoms with Crippen LogP contribution in [0.2, 0.25) is 0 Å². The van der Waals surface area contributed by atoms with Crippen LogP contribution in [-0.4, -0.2) is 43.8 Å². The van der Waals surface area contributed by atoms with Crippen molar-refractivity contribution in [2.75, 3.05) is 13.7 Å². The van der Waals surface area contributed by atoms with Crippen LogP contribution in [0.3, 0.4) is 0 Å². The molecule has 1 aromatic rings. The van der Waals surface area contributed by atoms with Crippen molar-refractivity contribution in [3.8, 4) is 0 Å². The van der Waals surface area contributed by atoms with E-state index in [1.807, 2.05) is 30.3 Å². The third-order valence-corrected chi connectivity index (χ3v) is 4.26. The minimum Gasteiger partial charge on any atom is -0.469 e. The molecule has 0 amide bonds. The lowest BCUT2D eigenvalue weighted by atomic mass is 9.92. The first-order valence-electron chi connectivity index (χ1n) is 7.68. The molecule has 0 bridgehead atoms. The van der Waals surface area contributed by atoms with Crippen molar-refractivity contribution in [1.29, 1.82) is 0 Å². The van der Waals surface area contributed by atoms with Gasteiger partial charge in [-0.15, -0.1) is 0 Å². The molecule has 0 radical (unpaired) electrons. The van der Waals surface area contributed by atoms with Gasteiger partial charge in [-0.3, -0.25) is 9.59 Å². The van der Waals surface area contributed by atoms with Gasteiger partial charge in [-0.05, 0) is 6.92 Å². The zero-order valence-corrected chi connectivity index (χ0v) is 13.1. The second kappa shape index (κ2) is 6.78. The Kier molecular flexibility index (Phi) is 4.75. The Morgan fingerprint density at radius 3 is 2.65 bits per heavy atom. The minimum absolute atomic E-state index is 0.141. The van der Waals surface area contributed by atoms with Crippen molar-refractivity contribution in [3.05, 3.63) is 35.9 Å². The first kappa shape index (κ1) is 16.1. The fraction of sp³-hybridized carbons (Fsp3) is 0.529. The number of ether oxygens (including phenoxy) is 4. The number of esters is 1. The lowest BCUT2D eigenvalue weighted by Crippen LogP contribution is -2.54. The summed E-state index contributed by atoms with van der Waals surface area (Å²) in [4.78, 5) is 23.9. The second-order valence-electron chi connectivity index (χ2n) is 5.83. The Labute approximate surface area is 134 Å². The smallest absolute Gasteiger partial charge is 0.311 e. The van der Waals surface area contributed by atoms with Crippen molar-refractivity contribution in [2.45, 2.75) is 37.9 Å². The Bertz CT molecular complexity index is 572. The van der Waals surface area contributed by atoms with E-state index in [0.717, 1.165) is 5.56 Å². The van der Waals surface area contributed by atoms with Crippen molar-refractivity contribution >= 4 is 11.8 Å². The molecule has 2 fully saturated rings. The third kappa shape index (κ3) is 3.29. The molecule has 5 atom stereocenters. The van der Waals surface area contributed by atoms with Gasteiger partial charge in [0.1, 0.15) is 12.2 Å². The molecule has 0 saturated carbocycles. The summed E-state index contributed by atoms with van der Waals surface area (Å²) in [6.45, 7) is 1.95. The first-order valence-corrected chi connectivity index (χ1v) is 7.68. The zero-order chi connectivity index (χ0) is 16.4. The summed E-state index contributed by atoms with van der Waals surface area (Å²) in [7, 11) is 1.30. The molecular weight excluding hydrogens is 300 g/mol. The van der Waals surface area contributed by atoms with Crippen LogP contribution in [0.4, 0.5) is 0 Å². The maximum absolute atomic E-state index is 12.3. The van der Waals surface area contributed by atoms with Crippen LogP contribution >= 0.6 is 0 Å². The SMILES string of the molecule is COC(=O)[C@@H](C)[C@H]1O[C@@H]2CO[C@@H](c3ccccc3)O[C@H]2CC1=O. The van der Waals surface area contributed by atoms with Crippen LogP contribution in [0.25, 0.3) is 0 Å². The van der Waals surface area contributed by atoms with E-state index >= 15 is 0 Å². The highest BCUT2D eigenvalue weighted by Crippen LogP contribution is 2.34. The number of hydrogen-bond acceptors (Lipinski definition) is 6. The highest BCUT2D eigenvalue weighted by atomic mass is 16.7. The van der Waals surface area contributed by atoms with Gasteiger partial charge in [-0.2, -0.15) is 0 Å². The molecule has 0 aromatic heterocycles. The van der Waals surface area contributed by atoms with E-state index in [-0.39, 0.29) is 24.4 Å². The van der Waals surface area contributed by atoms with E-state index in [9.17, 15) is 9.59 Å². The van der Waals surface area contributed by atoms with Crippen molar-refractivity contribution < 1.29 is 28.5 Å². The highest BCUT2D eigenvalue weighted by molar-refractivity contribution is 5.89. The zero-order valence-electron chi connectivity index (χ0n) is 13.1. The Morgan fingerprint density at radius 1 is 1.22 bits per heavy atom. The van der Waals surface area contributed by atoms with E-state index in [2.05, 4.69) is 0 Å². The lowest BCUT2D eigenvalue weighted by Gasteiger charge is -2.42. The van der Waals surface area contributed by atoms with Gasteiger partial charge in [-0.25, -0.2) is 0 Å². The van der Waals surface area contributed by atoms with Crippen LogP contribution in [0.1, 0.15) is 25.2 Å². The van der Waals surface area contributed by atoms with Gasteiger partial charge < -0.3 is 18.9 Å². The number of ketones is 1. The van der Waals surface area contributed by atoms with Gasteiger partial charge in [0.15, 0.2) is 12.1 Å². The van der Waals surface area contributed by atoms with Crippen LogP contribution in [0.5, 0.6) is 0 Å². The molecule has 0 spiro atoms. The minimum atomic E-state index is -0.802. The van der Waals surface area contributed by atoms with Crippen LogP contribution in [0, 0.1) is 5.92 Å². The van der Waals surface area contributed by atoms with Crippen molar-refractivity contribution in [2.24, 2.45) is 5.92 Å². The van der Waals surface area contributed by atoms with E-state index < -0.39 is 24.3 Å². The number of fused-ring (bicyclic) bond motifs is 1. The summed E-state index contributed by atoms with van der Waals surface area (Å²) < 4.78 is 22.0. The number of methoxy groups -OCH3 is 1. The molecule has 23 heavy (non-hydrogen) atoms. The van der Waals surface area contributed by atoms with E-state index in [1.54, 1.807) is 6.92 Å². The molecule has 124 valence electrons. The van der Waals surface area contributed by atoms with E-state index in [0.29, 0.717) is 6.61 Å². The normalized spacial score (nSPS) is 32.0. The third-order valence-electron chi connectivity index (χ3n) is 4.26. The number of hydrogen-bond donors (Lipinski definition) is 0.